The predicted octanol–water partition coefficient (Wildman–Crippen LogP) is 22.4. The molecule has 6 nitrogen and oxygen atoms in total. The van der Waals surface area contributed by atoms with Gasteiger partial charge < -0.3 is 20.3 Å². The normalized spacial score (nSPS) is 12.5. The molecule has 0 bridgehead atoms. The summed E-state index contributed by atoms with van der Waals surface area (Å²) in [6, 6.07) is -0.536. The van der Waals surface area contributed by atoms with Crippen LogP contribution in [0, 0.1) is 0 Å². The minimum atomic E-state index is -0.659. The lowest BCUT2D eigenvalue weighted by Crippen LogP contribution is -2.45. The molecule has 3 N–H and O–H groups in total. The molecule has 0 aromatic carbocycles. The van der Waals surface area contributed by atoms with Gasteiger partial charge in [0.2, 0.25) is 5.91 Å². The summed E-state index contributed by atoms with van der Waals surface area (Å²) in [5.74, 6) is -0.0147. The van der Waals surface area contributed by atoms with Gasteiger partial charge in [0.25, 0.3) is 0 Å². The molecule has 0 aliphatic carbocycles. The Labute approximate surface area is 476 Å². The maximum absolute atomic E-state index is 12.5. The van der Waals surface area contributed by atoms with E-state index < -0.39 is 12.1 Å². The second kappa shape index (κ2) is 66.1. The number of nitrogens with one attached hydrogen (secondary N) is 1. The van der Waals surface area contributed by atoms with Crippen LogP contribution in [-0.4, -0.2) is 47.4 Å². The second-order valence-electron chi connectivity index (χ2n) is 24.2. The molecule has 0 aromatic heterocycles. The highest BCUT2D eigenvalue weighted by Crippen LogP contribution is 2.19. The molecule has 452 valence electrons. The number of hydrogen-bond donors (Lipinski definition) is 3. The molecule has 1 amide bonds. The van der Waals surface area contributed by atoms with Crippen molar-refractivity contribution >= 4 is 11.9 Å². The van der Waals surface area contributed by atoms with Crippen molar-refractivity contribution in [3.63, 3.8) is 0 Å². The van der Waals surface area contributed by atoms with E-state index >= 15 is 0 Å². The third kappa shape index (κ3) is 61.8. The van der Waals surface area contributed by atoms with Crippen molar-refractivity contribution in [1.29, 1.82) is 0 Å². The van der Waals surface area contributed by atoms with Crippen LogP contribution in [0.15, 0.2) is 12.2 Å². The number of ether oxygens (including phenoxy) is 1. The lowest BCUT2D eigenvalue weighted by Gasteiger charge is -2.22. The summed E-state index contributed by atoms with van der Waals surface area (Å²) in [4.78, 5) is 24.5. The van der Waals surface area contributed by atoms with Gasteiger partial charge in [-0.15, -0.1) is 0 Å². The summed E-state index contributed by atoms with van der Waals surface area (Å²) in [5, 5.41) is 23.3. The van der Waals surface area contributed by atoms with Crippen LogP contribution in [0.4, 0.5) is 0 Å². The lowest BCUT2D eigenvalue weighted by molar-refractivity contribution is -0.143. The number of esters is 1. The van der Waals surface area contributed by atoms with Gasteiger partial charge >= 0.3 is 5.97 Å². The molecule has 0 fully saturated rings. The van der Waals surface area contributed by atoms with Gasteiger partial charge in [-0.1, -0.05) is 347 Å². The zero-order valence-electron chi connectivity index (χ0n) is 51.8. The number of aliphatic hydroxyl groups excluding tert-OH is 2. The van der Waals surface area contributed by atoms with Crippen LogP contribution in [-0.2, 0) is 14.3 Å². The smallest absolute Gasteiger partial charge is 0.305 e. The van der Waals surface area contributed by atoms with Gasteiger partial charge in [-0.05, 0) is 51.4 Å². The van der Waals surface area contributed by atoms with E-state index in [1.165, 1.54) is 321 Å². The van der Waals surface area contributed by atoms with E-state index in [2.05, 4.69) is 31.3 Å². The Kier molecular flexibility index (Phi) is 64.9. The minimum Gasteiger partial charge on any atom is -0.466 e. The van der Waals surface area contributed by atoms with Crippen LogP contribution in [0.2, 0.25) is 0 Å². The molecule has 0 radical (unpaired) electrons. The number of carbonyl (C=O) groups is 2. The Bertz CT molecular complexity index is 1140. The minimum absolute atomic E-state index is 0.0131. The average molecular weight is 1070 g/mol. The molecule has 0 heterocycles. The Morgan fingerprint density at radius 3 is 0.947 bits per heavy atom. The highest BCUT2D eigenvalue weighted by Gasteiger charge is 2.20. The molecule has 0 saturated carbocycles. The summed E-state index contributed by atoms with van der Waals surface area (Å²) < 4.78 is 5.48. The molecular formula is C70H137NO5. The van der Waals surface area contributed by atoms with Gasteiger partial charge in [-0.25, -0.2) is 0 Å². The molecule has 0 rings (SSSR count). The fourth-order valence-corrected chi connectivity index (χ4v) is 11.2. The van der Waals surface area contributed by atoms with Crippen molar-refractivity contribution in [3.8, 4) is 0 Å². The van der Waals surface area contributed by atoms with Crippen LogP contribution in [0.3, 0.4) is 0 Å². The summed E-state index contributed by atoms with van der Waals surface area (Å²) in [7, 11) is 0. The molecule has 2 atom stereocenters. The van der Waals surface area contributed by atoms with Gasteiger partial charge in [0, 0.05) is 12.8 Å². The molecule has 2 unspecified atom stereocenters. The monoisotopic (exact) mass is 1070 g/mol. The van der Waals surface area contributed by atoms with Gasteiger partial charge in [-0.2, -0.15) is 0 Å². The molecule has 0 aliphatic heterocycles. The van der Waals surface area contributed by atoms with Crippen LogP contribution in [0.25, 0.3) is 0 Å². The summed E-state index contributed by atoms with van der Waals surface area (Å²) >= 11 is 0. The fourth-order valence-electron chi connectivity index (χ4n) is 11.2. The number of aliphatic hydroxyl groups is 2. The maximum Gasteiger partial charge on any atom is 0.305 e. The highest BCUT2D eigenvalue weighted by atomic mass is 16.5. The number of allylic oxidation sites excluding steroid dienone is 2. The Balaban J connectivity index is 3.30. The fraction of sp³-hybridized carbons (Fsp3) is 0.943. The zero-order chi connectivity index (χ0) is 55.0. The van der Waals surface area contributed by atoms with Gasteiger partial charge in [0.1, 0.15) is 0 Å². The largest absolute Gasteiger partial charge is 0.466 e. The van der Waals surface area contributed by atoms with E-state index in [9.17, 15) is 19.8 Å². The molecule has 76 heavy (non-hydrogen) atoms. The van der Waals surface area contributed by atoms with Gasteiger partial charge in [0.15, 0.2) is 0 Å². The number of rotatable bonds is 66. The van der Waals surface area contributed by atoms with E-state index in [-0.39, 0.29) is 18.5 Å². The van der Waals surface area contributed by atoms with Crippen molar-refractivity contribution in [2.45, 2.75) is 411 Å². The average Bonchev–Trinajstić information content (AvgIpc) is 3.42. The predicted molar refractivity (Wildman–Crippen MR) is 333 cm³/mol. The van der Waals surface area contributed by atoms with E-state index in [0.717, 1.165) is 44.9 Å². The Hall–Kier alpha value is -1.40. The highest BCUT2D eigenvalue weighted by molar-refractivity contribution is 5.76. The summed E-state index contributed by atoms with van der Waals surface area (Å²) in [6.45, 7) is 4.97. The van der Waals surface area contributed by atoms with Crippen LogP contribution >= 0.6 is 0 Å². The van der Waals surface area contributed by atoms with Crippen molar-refractivity contribution < 1.29 is 24.5 Å². The third-order valence-electron chi connectivity index (χ3n) is 16.6. The van der Waals surface area contributed by atoms with E-state index in [0.29, 0.717) is 25.9 Å². The number of amides is 1. The van der Waals surface area contributed by atoms with E-state index in [4.69, 9.17) is 4.74 Å². The first-order valence-electron chi connectivity index (χ1n) is 34.9. The Morgan fingerprint density at radius 2 is 0.618 bits per heavy atom. The molecule has 0 aliphatic rings. The number of carbonyl (C=O) groups excluding carboxylic acids is 2. The van der Waals surface area contributed by atoms with Crippen LogP contribution in [0.1, 0.15) is 399 Å². The van der Waals surface area contributed by atoms with Crippen molar-refractivity contribution in [2.24, 2.45) is 0 Å². The van der Waals surface area contributed by atoms with E-state index in [1.54, 1.807) is 0 Å². The number of hydrogen-bond acceptors (Lipinski definition) is 5. The molecule has 6 heteroatoms. The summed E-state index contributed by atoms with van der Waals surface area (Å²) in [5.41, 5.74) is 0. The van der Waals surface area contributed by atoms with Gasteiger partial charge in [0.05, 0.1) is 25.4 Å². The van der Waals surface area contributed by atoms with Crippen LogP contribution in [0.5, 0.6) is 0 Å². The van der Waals surface area contributed by atoms with Crippen molar-refractivity contribution in [1.82, 2.24) is 5.32 Å². The third-order valence-corrected chi connectivity index (χ3v) is 16.6. The standard InChI is InChI=1S/C70H137NO5/c1-3-5-7-9-11-13-15-38-42-46-50-54-58-62-68(73)67(66-72)71-69(74)63-59-55-51-47-43-40-36-34-32-30-28-26-24-22-20-18-17-19-21-23-25-27-29-31-33-35-37-41-45-49-53-57-61-65-76-70(75)64-60-56-52-48-44-39-16-14-12-10-8-6-4-2/h14,16,67-68,72-73H,3-13,15,17-66H2,1-2H3,(H,71,74)/b16-14-. The van der Waals surface area contributed by atoms with Gasteiger partial charge in [-0.3, -0.25) is 9.59 Å². The first-order valence-corrected chi connectivity index (χ1v) is 34.9. The quantitative estimate of drug-likeness (QED) is 0.0320. The SMILES string of the molecule is CCCCCC/C=C\CCCCCCCC(=O)OCCCCCCCCCCCCCCCCCCCCCCCCCCCCCCCCCCCC(=O)NC(CO)C(O)CCCCCCCCCCCCCCC. The van der Waals surface area contributed by atoms with E-state index in [1.807, 2.05) is 0 Å². The van der Waals surface area contributed by atoms with Crippen molar-refractivity contribution in [3.05, 3.63) is 12.2 Å². The molecule has 0 saturated heterocycles. The van der Waals surface area contributed by atoms with Crippen molar-refractivity contribution in [2.75, 3.05) is 13.2 Å². The maximum atomic E-state index is 12.5. The Morgan fingerprint density at radius 1 is 0.355 bits per heavy atom. The molecular weight excluding hydrogens is 935 g/mol. The number of unbranched alkanes of at least 4 members (excludes halogenated alkanes) is 53. The second-order valence-corrected chi connectivity index (χ2v) is 24.2. The molecule has 0 aromatic rings. The first-order chi connectivity index (χ1) is 37.5. The van der Waals surface area contributed by atoms with Crippen LogP contribution < -0.4 is 5.32 Å². The first kappa shape index (κ1) is 74.6. The topological polar surface area (TPSA) is 95.9 Å². The summed E-state index contributed by atoms with van der Waals surface area (Å²) in [6.07, 6.45) is 81.3. The molecule has 0 spiro atoms. The zero-order valence-corrected chi connectivity index (χ0v) is 51.8. The lowest BCUT2D eigenvalue weighted by atomic mass is 10.0.